The summed E-state index contributed by atoms with van der Waals surface area (Å²) in [4.78, 5) is 0. The summed E-state index contributed by atoms with van der Waals surface area (Å²) in [5.41, 5.74) is 26.1. The first-order chi connectivity index (χ1) is 6.22. The van der Waals surface area contributed by atoms with Gasteiger partial charge in [-0.15, -0.1) is 0 Å². The number of nitrogens with two attached hydrogens (primary N) is 5. The lowest BCUT2D eigenvalue weighted by atomic mass is 10.2. The van der Waals surface area contributed by atoms with Gasteiger partial charge in [-0.3, -0.25) is 0 Å². The summed E-state index contributed by atoms with van der Waals surface area (Å²) in [6, 6.07) is 0.151. The first-order valence-corrected chi connectivity index (χ1v) is 4.78. The molecule has 0 aliphatic rings. The van der Waals surface area contributed by atoms with Crippen LogP contribution in [0.15, 0.2) is 0 Å². The van der Waals surface area contributed by atoms with Gasteiger partial charge in [0, 0.05) is 12.6 Å². The Morgan fingerprint density at radius 2 is 1.23 bits per heavy atom. The molecule has 0 aromatic heterocycles. The van der Waals surface area contributed by atoms with Gasteiger partial charge in [-0.1, -0.05) is 0 Å². The van der Waals surface area contributed by atoms with Crippen LogP contribution in [0, 0.1) is 0 Å². The van der Waals surface area contributed by atoms with Crippen LogP contribution >= 0.6 is 0 Å². The minimum absolute atomic E-state index is 0.151. The minimum Gasteiger partial charge on any atom is -0.330 e. The second-order valence-electron chi connectivity index (χ2n) is 2.86. The molecule has 10 N–H and O–H groups in total. The number of hydrogen-bond donors (Lipinski definition) is 5. The van der Waals surface area contributed by atoms with E-state index in [-0.39, 0.29) is 6.04 Å². The highest BCUT2D eigenvalue weighted by Gasteiger charge is 1.95. The van der Waals surface area contributed by atoms with E-state index in [1.54, 1.807) is 0 Å². The van der Waals surface area contributed by atoms with E-state index in [0.717, 1.165) is 32.4 Å². The van der Waals surface area contributed by atoms with Gasteiger partial charge in [0.1, 0.15) is 0 Å². The summed E-state index contributed by atoms with van der Waals surface area (Å²) in [7, 11) is 0. The number of hydrogen-bond acceptors (Lipinski definition) is 5. The zero-order valence-electron chi connectivity index (χ0n) is 8.41. The molecule has 5 nitrogen and oxygen atoms in total. The molecule has 1 atom stereocenters. The Hall–Kier alpha value is -0.200. The lowest BCUT2D eigenvalue weighted by Gasteiger charge is -2.04. The molecule has 0 radical (unpaired) electrons. The molecule has 5 heteroatoms. The van der Waals surface area contributed by atoms with Crippen molar-refractivity contribution in [3.05, 3.63) is 0 Å². The predicted octanol–water partition coefficient (Wildman–Crippen LogP) is -1.69. The van der Waals surface area contributed by atoms with E-state index in [1.165, 1.54) is 0 Å². The third-order valence-corrected chi connectivity index (χ3v) is 1.49. The Morgan fingerprint density at radius 3 is 1.46 bits per heavy atom. The molecule has 0 heterocycles. The zero-order valence-corrected chi connectivity index (χ0v) is 8.41. The zero-order chi connectivity index (χ0) is 10.5. The lowest BCUT2D eigenvalue weighted by molar-refractivity contribution is 0.596. The van der Waals surface area contributed by atoms with Crippen LogP contribution in [0.2, 0.25) is 0 Å². The fraction of sp³-hybridized carbons (Fsp3) is 1.00. The van der Waals surface area contributed by atoms with Crippen molar-refractivity contribution in [3.63, 3.8) is 0 Å². The fourth-order valence-electron chi connectivity index (χ4n) is 0.616. The van der Waals surface area contributed by atoms with Crippen LogP contribution in [0.5, 0.6) is 0 Å². The molecule has 0 aliphatic heterocycles. The van der Waals surface area contributed by atoms with Crippen molar-refractivity contribution in [2.24, 2.45) is 28.7 Å². The van der Waals surface area contributed by atoms with Crippen molar-refractivity contribution in [1.82, 2.24) is 0 Å². The Balaban J connectivity index is 0. The molecule has 0 bridgehead atoms. The van der Waals surface area contributed by atoms with Crippen LogP contribution in [0.25, 0.3) is 0 Å². The van der Waals surface area contributed by atoms with Crippen molar-refractivity contribution in [2.75, 3.05) is 26.2 Å². The Labute approximate surface area is 81.0 Å². The van der Waals surface area contributed by atoms with E-state index in [4.69, 9.17) is 28.7 Å². The molecule has 0 aromatic carbocycles. The van der Waals surface area contributed by atoms with Gasteiger partial charge in [-0.2, -0.15) is 0 Å². The highest BCUT2D eigenvalue weighted by atomic mass is 14.7. The van der Waals surface area contributed by atoms with Gasteiger partial charge in [-0.05, 0) is 38.9 Å². The standard InChI is InChI=1S/C5H15N3.C3H10N2/c6-3-1-2-5(8)4-7;4-2-1-3-5/h5H,1-4,6-8H2;1-5H2. The molecule has 0 saturated carbocycles. The average molecular weight is 191 g/mol. The maximum atomic E-state index is 5.48. The Bertz CT molecular complexity index is 76.9. The summed E-state index contributed by atoms with van der Waals surface area (Å²) < 4.78 is 0. The van der Waals surface area contributed by atoms with E-state index >= 15 is 0 Å². The maximum absolute atomic E-state index is 5.48. The van der Waals surface area contributed by atoms with Crippen molar-refractivity contribution >= 4 is 0 Å². The Kier molecular flexibility index (Phi) is 16.8. The van der Waals surface area contributed by atoms with E-state index in [9.17, 15) is 0 Å². The summed E-state index contributed by atoms with van der Waals surface area (Å²) in [5, 5.41) is 0. The molecule has 82 valence electrons. The van der Waals surface area contributed by atoms with Gasteiger partial charge in [-0.25, -0.2) is 0 Å². The molecule has 0 fully saturated rings. The summed E-state index contributed by atoms with van der Waals surface area (Å²) >= 11 is 0. The molecule has 0 saturated heterocycles. The van der Waals surface area contributed by atoms with E-state index < -0.39 is 0 Å². The maximum Gasteiger partial charge on any atom is 0.0163 e. The molecule has 0 aromatic rings. The average Bonchev–Trinajstić information content (AvgIpc) is 2.16. The first kappa shape index (κ1) is 15.3. The molecular weight excluding hydrogens is 166 g/mol. The topological polar surface area (TPSA) is 130 Å². The molecule has 0 rings (SSSR count). The highest BCUT2D eigenvalue weighted by Crippen LogP contribution is 1.88. The van der Waals surface area contributed by atoms with Gasteiger partial charge in [0.05, 0.1) is 0 Å². The minimum atomic E-state index is 0.151. The molecular formula is C8H25N5. The summed E-state index contributed by atoms with van der Waals surface area (Å²) in [5.74, 6) is 0. The normalized spacial score (nSPS) is 11.8. The lowest BCUT2D eigenvalue weighted by Crippen LogP contribution is -2.29. The van der Waals surface area contributed by atoms with Gasteiger partial charge < -0.3 is 28.7 Å². The van der Waals surface area contributed by atoms with Crippen molar-refractivity contribution in [3.8, 4) is 0 Å². The van der Waals surface area contributed by atoms with E-state index in [1.807, 2.05) is 0 Å². The smallest absolute Gasteiger partial charge is 0.0163 e. The van der Waals surface area contributed by atoms with Crippen molar-refractivity contribution < 1.29 is 0 Å². The van der Waals surface area contributed by atoms with Crippen LogP contribution in [-0.4, -0.2) is 32.2 Å². The molecule has 1 unspecified atom stereocenters. The largest absolute Gasteiger partial charge is 0.330 e. The fourth-order valence-corrected chi connectivity index (χ4v) is 0.616. The third-order valence-electron chi connectivity index (χ3n) is 1.49. The van der Waals surface area contributed by atoms with E-state index in [2.05, 4.69) is 0 Å². The van der Waals surface area contributed by atoms with Crippen molar-refractivity contribution in [2.45, 2.75) is 25.3 Å². The van der Waals surface area contributed by atoms with Crippen LogP contribution in [0.1, 0.15) is 19.3 Å². The molecule has 0 aliphatic carbocycles. The van der Waals surface area contributed by atoms with Crippen LogP contribution in [0.3, 0.4) is 0 Å². The quantitative estimate of drug-likeness (QED) is 0.342. The van der Waals surface area contributed by atoms with Crippen molar-refractivity contribution in [1.29, 1.82) is 0 Å². The molecule has 0 spiro atoms. The van der Waals surface area contributed by atoms with Gasteiger partial charge >= 0.3 is 0 Å². The molecule has 0 amide bonds. The van der Waals surface area contributed by atoms with Gasteiger partial charge in [0.25, 0.3) is 0 Å². The monoisotopic (exact) mass is 191 g/mol. The third kappa shape index (κ3) is 18.6. The molecule has 13 heavy (non-hydrogen) atoms. The Morgan fingerprint density at radius 1 is 0.769 bits per heavy atom. The SMILES string of the molecule is NCCCC(N)CN.NCCCN. The van der Waals surface area contributed by atoms with E-state index in [0.29, 0.717) is 13.1 Å². The second-order valence-corrected chi connectivity index (χ2v) is 2.86. The summed E-state index contributed by atoms with van der Waals surface area (Å²) in [6.07, 6.45) is 2.88. The van der Waals surface area contributed by atoms with Crippen LogP contribution in [-0.2, 0) is 0 Å². The van der Waals surface area contributed by atoms with Crippen LogP contribution in [0.4, 0.5) is 0 Å². The predicted molar refractivity (Wildman–Crippen MR) is 58.0 cm³/mol. The van der Waals surface area contributed by atoms with Gasteiger partial charge in [0.15, 0.2) is 0 Å². The summed E-state index contributed by atoms with van der Waals surface area (Å²) in [6.45, 7) is 2.72. The van der Waals surface area contributed by atoms with Gasteiger partial charge in [0.2, 0.25) is 0 Å². The second kappa shape index (κ2) is 14.3. The van der Waals surface area contributed by atoms with Crippen LogP contribution < -0.4 is 28.7 Å². The highest BCUT2D eigenvalue weighted by molar-refractivity contribution is 4.60. The first-order valence-electron chi connectivity index (χ1n) is 4.78. The number of rotatable bonds is 6.